The molecule has 0 aliphatic carbocycles. The van der Waals surface area contributed by atoms with Crippen LogP contribution in [0.2, 0.25) is 0 Å². The fourth-order valence-corrected chi connectivity index (χ4v) is 3.24. The van der Waals surface area contributed by atoms with Crippen LogP contribution < -0.4 is 5.32 Å². The molecule has 0 bridgehead atoms. The van der Waals surface area contributed by atoms with Gasteiger partial charge in [-0.1, -0.05) is 15.9 Å². The molecule has 1 aromatic carbocycles. The maximum Gasteiger partial charge on any atom is 0.265 e. The van der Waals surface area contributed by atoms with E-state index in [0.717, 1.165) is 24.4 Å². The number of nitrogens with one attached hydrogen (secondary N) is 1. The van der Waals surface area contributed by atoms with E-state index in [1.165, 1.54) is 11.3 Å². The van der Waals surface area contributed by atoms with Crippen molar-refractivity contribution in [2.45, 2.75) is 6.92 Å². The molecule has 17 heavy (non-hydrogen) atoms. The third kappa shape index (κ3) is 3.18. The van der Waals surface area contributed by atoms with Crippen LogP contribution in [-0.2, 0) is 0 Å². The molecule has 1 N–H and O–H groups in total. The summed E-state index contributed by atoms with van der Waals surface area (Å²) < 4.78 is 1.82. The van der Waals surface area contributed by atoms with Gasteiger partial charge in [-0.15, -0.1) is 11.3 Å². The van der Waals surface area contributed by atoms with E-state index >= 15 is 0 Å². The SMILES string of the molecule is Cc1ccc(C(=O)Nc2ccc(Br)cc2Br)s1. The summed E-state index contributed by atoms with van der Waals surface area (Å²) in [7, 11) is 0. The first-order valence-electron chi connectivity index (χ1n) is 4.89. The van der Waals surface area contributed by atoms with Gasteiger partial charge in [0, 0.05) is 13.8 Å². The topological polar surface area (TPSA) is 29.1 Å². The number of hydrogen-bond donors (Lipinski definition) is 1. The van der Waals surface area contributed by atoms with Gasteiger partial charge in [-0.3, -0.25) is 4.79 Å². The largest absolute Gasteiger partial charge is 0.320 e. The molecule has 0 aliphatic heterocycles. The van der Waals surface area contributed by atoms with Crippen LogP contribution in [0.25, 0.3) is 0 Å². The average Bonchev–Trinajstić information content (AvgIpc) is 2.69. The molecule has 0 saturated heterocycles. The molecule has 2 aromatic rings. The molecular weight excluding hydrogens is 366 g/mol. The molecule has 0 unspecified atom stereocenters. The van der Waals surface area contributed by atoms with Gasteiger partial charge in [-0.25, -0.2) is 0 Å². The zero-order chi connectivity index (χ0) is 12.4. The zero-order valence-electron chi connectivity index (χ0n) is 8.96. The van der Waals surface area contributed by atoms with Gasteiger partial charge in [0.15, 0.2) is 0 Å². The van der Waals surface area contributed by atoms with Gasteiger partial charge in [-0.2, -0.15) is 0 Å². The van der Waals surface area contributed by atoms with Crippen molar-refractivity contribution in [3.8, 4) is 0 Å². The van der Waals surface area contributed by atoms with Crippen LogP contribution in [0.4, 0.5) is 5.69 Å². The van der Waals surface area contributed by atoms with Crippen LogP contribution in [0, 0.1) is 6.92 Å². The standard InChI is InChI=1S/C12H9Br2NOS/c1-7-2-5-11(17-7)12(16)15-10-4-3-8(13)6-9(10)14/h2-6H,1H3,(H,15,16). The zero-order valence-corrected chi connectivity index (χ0v) is 12.9. The van der Waals surface area contributed by atoms with Crippen molar-refractivity contribution in [2.24, 2.45) is 0 Å². The number of carbonyl (C=O) groups is 1. The summed E-state index contributed by atoms with van der Waals surface area (Å²) in [5.41, 5.74) is 0.768. The molecule has 0 saturated carbocycles. The third-order valence-electron chi connectivity index (χ3n) is 2.14. The molecule has 2 rings (SSSR count). The maximum atomic E-state index is 11.9. The molecule has 0 fully saturated rings. The first-order valence-corrected chi connectivity index (χ1v) is 7.29. The molecule has 1 amide bonds. The Labute approximate surface area is 120 Å². The first kappa shape index (κ1) is 12.8. The van der Waals surface area contributed by atoms with Gasteiger partial charge < -0.3 is 5.32 Å². The van der Waals surface area contributed by atoms with Gasteiger partial charge in [0.2, 0.25) is 0 Å². The molecule has 5 heteroatoms. The maximum absolute atomic E-state index is 11.9. The van der Waals surface area contributed by atoms with Crippen molar-refractivity contribution >= 4 is 54.8 Å². The van der Waals surface area contributed by atoms with Gasteiger partial charge >= 0.3 is 0 Å². The van der Waals surface area contributed by atoms with E-state index in [1.807, 2.05) is 37.3 Å². The summed E-state index contributed by atoms with van der Waals surface area (Å²) in [6.07, 6.45) is 0. The summed E-state index contributed by atoms with van der Waals surface area (Å²) in [5.74, 6) is -0.0777. The van der Waals surface area contributed by atoms with Gasteiger partial charge in [0.25, 0.3) is 5.91 Å². The van der Waals surface area contributed by atoms with E-state index in [1.54, 1.807) is 0 Å². The number of benzene rings is 1. The minimum Gasteiger partial charge on any atom is -0.320 e. The Hall–Kier alpha value is -0.650. The predicted molar refractivity (Wildman–Crippen MR) is 78.9 cm³/mol. The third-order valence-corrected chi connectivity index (χ3v) is 4.29. The second kappa shape index (κ2) is 5.33. The van der Waals surface area contributed by atoms with Crippen LogP contribution in [-0.4, -0.2) is 5.91 Å². The highest BCUT2D eigenvalue weighted by Gasteiger charge is 2.10. The highest BCUT2D eigenvalue weighted by Crippen LogP contribution is 2.27. The van der Waals surface area contributed by atoms with Gasteiger partial charge in [-0.05, 0) is 53.2 Å². The number of halogens is 2. The summed E-state index contributed by atoms with van der Waals surface area (Å²) >= 11 is 8.27. The number of carbonyl (C=O) groups excluding carboxylic acids is 1. The van der Waals surface area contributed by atoms with Crippen molar-refractivity contribution in [1.29, 1.82) is 0 Å². The van der Waals surface area contributed by atoms with E-state index < -0.39 is 0 Å². The quantitative estimate of drug-likeness (QED) is 0.800. The second-order valence-corrected chi connectivity index (χ2v) is 6.55. The molecule has 1 aromatic heterocycles. The fourth-order valence-electron chi connectivity index (χ4n) is 1.33. The summed E-state index contributed by atoms with van der Waals surface area (Å²) in [5, 5.41) is 2.87. The minimum atomic E-state index is -0.0777. The lowest BCUT2D eigenvalue weighted by Crippen LogP contribution is -2.10. The summed E-state index contributed by atoms with van der Waals surface area (Å²) in [4.78, 5) is 13.8. The number of rotatable bonds is 2. The van der Waals surface area contributed by atoms with Crippen LogP contribution >= 0.6 is 43.2 Å². The molecule has 1 heterocycles. The normalized spacial score (nSPS) is 10.3. The van der Waals surface area contributed by atoms with Crippen molar-refractivity contribution in [3.05, 3.63) is 49.0 Å². The molecule has 0 spiro atoms. The lowest BCUT2D eigenvalue weighted by Gasteiger charge is -2.06. The van der Waals surface area contributed by atoms with E-state index in [2.05, 4.69) is 37.2 Å². The molecule has 0 radical (unpaired) electrons. The molecular formula is C12H9Br2NOS. The van der Waals surface area contributed by atoms with Crippen molar-refractivity contribution < 1.29 is 4.79 Å². The van der Waals surface area contributed by atoms with Crippen LogP contribution in [0.15, 0.2) is 39.3 Å². The Balaban J connectivity index is 2.18. The highest BCUT2D eigenvalue weighted by molar-refractivity contribution is 9.11. The lowest BCUT2D eigenvalue weighted by atomic mass is 10.3. The van der Waals surface area contributed by atoms with E-state index in [0.29, 0.717) is 0 Å². The number of anilines is 1. The second-order valence-electron chi connectivity index (χ2n) is 3.49. The number of amides is 1. The Morgan fingerprint density at radius 2 is 2.00 bits per heavy atom. The van der Waals surface area contributed by atoms with Crippen molar-refractivity contribution in [2.75, 3.05) is 5.32 Å². The van der Waals surface area contributed by atoms with Crippen LogP contribution in [0.5, 0.6) is 0 Å². The molecule has 0 aliphatic rings. The predicted octanol–water partition coefficient (Wildman–Crippen LogP) is 4.83. The first-order chi connectivity index (χ1) is 8.06. The monoisotopic (exact) mass is 373 g/mol. The average molecular weight is 375 g/mol. The van der Waals surface area contributed by atoms with Crippen molar-refractivity contribution in [3.63, 3.8) is 0 Å². The Bertz CT molecular complexity index is 565. The number of aryl methyl sites for hydroxylation is 1. The molecule has 0 atom stereocenters. The highest BCUT2D eigenvalue weighted by atomic mass is 79.9. The number of thiophene rings is 1. The van der Waals surface area contributed by atoms with E-state index in [9.17, 15) is 4.79 Å². The summed E-state index contributed by atoms with van der Waals surface area (Å²) in [6, 6.07) is 9.42. The van der Waals surface area contributed by atoms with Crippen LogP contribution in [0.1, 0.15) is 14.5 Å². The van der Waals surface area contributed by atoms with Gasteiger partial charge in [0.1, 0.15) is 0 Å². The Morgan fingerprint density at radius 3 is 2.59 bits per heavy atom. The Morgan fingerprint density at radius 1 is 1.24 bits per heavy atom. The molecule has 2 nitrogen and oxygen atoms in total. The minimum absolute atomic E-state index is 0.0777. The summed E-state index contributed by atoms with van der Waals surface area (Å²) in [6.45, 7) is 1.98. The fraction of sp³-hybridized carbons (Fsp3) is 0.0833. The van der Waals surface area contributed by atoms with Crippen molar-refractivity contribution in [1.82, 2.24) is 0 Å². The Kier molecular flexibility index (Phi) is 4.01. The number of hydrogen-bond acceptors (Lipinski definition) is 2. The van der Waals surface area contributed by atoms with Gasteiger partial charge in [0.05, 0.1) is 10.6 Å². The van der Waals surface area contributed by atoms with E-state index in [-0.39, 0.29) is 5.91 Å². The lowest BCUT2D eigenvalue weighted by molar-refractivity contribution is 0.103. The van der Waals surface area contributed by atoms with Crippen LogP contribution in [0.3, 0.4) is 0 Å². The van der Waals surface area contributed by atoms with E-state index in [4.69, 9.17) is 0 Å². The molecule has 88 valence electrons. The smallest absolute Gasteiger partial charge is 0.265 e.